The summed E-state index contributed by atoms with van der Waals surface area (Å²) in [7, 11) is 1.51. The zero-order valence-corrected chi connectivity index (χ0v) is 21.3. The molecule has 0 atom stereocenters. The van der Waals surface area contributed by atoms with E-state index in [4.69, 9.17) is 37.4 Å². The van der Waals surface area contributed by atoms with Crippen LogP contribution in [-0.4, -0.2) is 25.8 Å². The average Bonchev–Trinajstić information content (AvgIpc) is 2.83. The summed E-state index contributed by atoms with van der Waals surface area (Å²) in [4.78, 5) is 12.4. The Bertz CT molecular complexity index is 1220. The van der Waals surface area contributed by atoms with Gasteiger partial charge in [0.05, 0.1) is 17.8 Å². The number of benzene rings is 3. The fraction of sp³-hybridized carbons (Fsp3) is 0.120. The molecular formula is C25H21BrCl2N2O4. The summed E-state index contributed by atoms with van der Waals surface area (Å²) in [6.45, 7) is 4.23. The second kappa shape index (κ2) is 12.5. The van der Waals surface area contributed by atoms with E-state index in [0.717, 1.165) is 15.6 Å². The van der Waals surface area contributed by atoms with Crippen LogP contribution < -0.4 is 19.6 Å². The Balaban J connectivity index is 1.59. The number of nitrogens with one attached hydrogen (secondary N) is 1. The number of methoxy groups -OCH3 is 1. The van der Waals surface area contributed by atoms with Crippen LogP contribution in [0, 0.1) is 0 Å². The van der Waals surface area contributed by atoms with Crippen molar-refractivity contribution >= 4 is 51.3 Å². The third-order valence-electron chi connectivity index (χ3n) is 4.52. The Labute approximate surface area is 216 Å². The summed E-state index contributed by atoms with van der Waals surface area (Å²) < 4.78 is 17.3. The molecule has 0 aliphatic heterocycles. The molecule has 0 saturated heterocycles. The fourth-order valence-electron chi connectivity index (χ4n) is 2.82. The quantitative estimate of drug-likeness (QED) is 0.170. The topological polar surface area (TPSA) is 69.2 Å². The van der Waals surface area contributed by atoms with Crippen LogP contribution in [0.3, 0.4) is 0 Å². The average molecular weight is 564 g/mol. The molecule has 0 heterocycles. The van der Waals surface area contributed by atoms with E-state index >= 15 is 0 Å². The van der Waals surface area contributed by atoms with Crippen LogP contribution in [0.4, 0.5) is 0 Å². The Morgan fingerprint density at radius 2 is 1.85 bits per heavy atom. The highest BCUT2D eigenvalue weighted by atomic mass is 79.9. The molecule has 34 heavy (non-hydrogen) atoms. The Kier molecular flexibility index (Phi) is 9.39. The van der Waals surface area contributed by atoms with Gasteiger partial charge in [-0.3, -0.25) is 4.79 Å². The van der Waals surface area contributed by atoms with Gasteiger partial charge >= 0.3 is 0 Å². The molecule has 3 rings (SSSR count). The predicted octanol–water partition coefficient (Wildman–Crippen LogP) is 6.67. The number of hydrazone groups is 1. The summed E-state index contributed by atoms with van der Waals surface area (Å²) in [5, 5.41) is 5.14. The lowest BCUT2D eigenvalue weighted by atomic mass is 10.2. The third kappa shape index (κ3) is 7.00. The lowest BCUT2D eigenvalue weighted by molar-refractivity contribution is 0.0954. The zero-order chi connectivity index (χ0) is 24.5. The van der Waals surface area contributed by atoms with Crippen LogP contribution in [0.5, 0.6) is 17.2 Å². The number of ether oxygens (including phenoxy) is 3. The first kappa shape index (κ1) is 25.6. The van der Waals surface area contributed by atoms with Crippen molar-refractivity contribution in [1.82, 2.24) is 5.43 Å². The fourth-order valence-corrected chi connectivity index (χ4v) is 3.79. The maximum absolute atomic E-state index is 12.4. The van der Waals surface area contributed by atoms with Crippen molar-refractivity contribution in [2.24, 2.45) is 5.10 Å². The van der Waals surface area contributed by atoms with Crippen molar-refractivity contribution in [1.29, 1.82) is 0 Å². The second-order valence-corrected chi connectivity index (χ2v) is 8.58. The van der Waals surface area contributed by atoms with Crippen molar-refractivity contribution in [2.45, 2.75) is 6.61 Å². The van der Waals surface area contributed by atoms with Gasteiger partial charge < -0.3 is 14.2 Å². The predicted molar refractivity (Wildman–Crippen MR) is 139 cm³/mol. The minimum atomic E-state index is -0.385. The maximum Gasteiger partial charge on any atom is 0.271 e. The van der Waals surface area contributed by atoms with Gasteiger partial charge in [0.2, 0.25) is 0 Å². The molecule has 1 amide bonds. The molecule has 0 saturated carbocycles. The first-order chi connectivity index (χ1) is 16.4. The Morgan fingerprint density at radius 3 is 2.56 bits per heavy atom. The number of carbonyl (C=O) groups excluding carboxylic acids is 1. The van der Waals surface area contributed by atoms with Crippen molar-refractivity contribution in [3.63, 3.8) is 0 Å². The molecule has 0 radical (unpaired) electrons. The van der Waals surface area contributed by atoms with Gasteiger partial charge in [-0.1, -0.05) is 41.9 Å². The van der Waals surface area contributed by atoms with Gasteiger partial charge in [0.1, 0.15) is 19.0 Å². The van der Waals surface area contributed by atoms with E-state index in [1.165, 1.54) is 13.3 Å². The standard InChI is InChI=1S/C25H21BrCl2N2O4/c1-3-10-33-23-9-6-17(12-24(23)32-2)25(31)30-29-14-16-4-8-22(20(26)11-16)34-15-18-5-7-19(27)13-21(18)28/h3-9,11-14H,1,10,15H2,2H3,(H,30,31)/b29-14+. The summed E-state index contributed by atoms with van der Waals surface area (Å²) in [6.07, 6.45) is 3.16. The first-order valence-electron chi connectivity index (χ1n) is 10.0. The SMILES string of the molecule is C=CCOc1ccc(C(=O)N/N=C/c2ccc(OCc3ccc(Cl)cc3Cl)c(Br)c2)cc1OC. The maximum atomic E-state index is 12.4. The van der Waals surface area contributed by atoms with E-state index in [-0.39, 0.29) is 5.91 Å². The highest BCUT2D eigenvalue weighted by molar-refractivity contribution is 9.10. The number of amides is 1. The highest BCUT2D eigenvalue weighted by Gasteiger charge is 2.11. The molecule has 0 aliphatic carbocycles. The molecule has 0 fully saturated rings. The largest absolute Gasteiger partial charge is 0.493 e. The van der Waals surface area contributed by atoms with Crippen LogP contribution >= 0.6 is 39.1 Å². The summed E-state index contributed by atoms with van der Waals surface area (Å²) >= 11 is 15.6. The second-order valence-electron chi connectivity index (χ2n) is 6.88. The molecule has 0 unspecified atom stereocenters. The number of hydrogen-bond donors (Lipinski definition) is 1. The highest BCUT2D eigenvalue weighted by Crippen LogP contribution is 2.29. The van der Waals surface area contributed by atoms with E-state index in [2.05, 4.69) is 33.0 Å². The summed E-state index contributed by atoms with van der Waals surface area (Å²) in [5.41, 5.74) is 4.46. The van der Waals surface area contributed by atoms with Crippen LogP contribution in [0.1, 0.15) is 21.5 Å². The van der Waals surface area contributed by atoms with Gasteiger partial charge in [-0.05, 0) is 70.0 Å². The van der Waals surface area contributed by atoms with E-state index < -0.39 is 0 Å². The van der Waals surface area contributed by atoms with Gasteiger partial charge in [0.25, 0.3) is 5.91 Å². The number of hydrogen-bond acceptors (Lipinski definition) is 5. The monoisotopic (exact) mass is 562 g/mol. The van der Waals surface area contributed by atoms with Crippen molar-refractivity contribution in [3.8, 4) is 17.2 Å². The zero-order valence-electron chi connectivity index (χ0n) is 18.2. The van der Waals surface area contributed by atoms with E-state index in [0.29, 0.717) is 46.1 Å². The van der Waals surface area contributed by atoms with Crippen LogP contribution in [0.15, 0.2) is 76.8 Å². The summed E-state index contributed by atoms with van der Waals surface area (Å²) in [6, 6.07) is 15.6. The normalized spacial score (nSPS) is 10.7. The molecule has 0 aromatic heterocycles. The number of rotatable bonds is 10. The van der Waals surface area contributed by atoms with E-state index in [1.54, 1.807) is 42.5 Å². The van der Waals surface area contributed by atoms with Gasteiger partial charge in [0, 0.05) is 21.2 Å². The molecular weight excluding hydrogens is 543 g/mol. The molecule has 0 bridgehead atoms. The van der Waals surface area contributed by atoms with Gasteiger partial charge in [0.15, 0.2) is 11.5 Å². The van der Waals surface area contributed by atoms with Crippen LogP contribution in [0.2, 0.25) is 10.0 Å². The Morgan fingerprint density at radius 1 is 1.06 bits per heavy atom. The lowest BCUT2D eigenvalue weighted by Crippen LogP contribution is -2.17. The molecule has 0 spiro atoms. The molecule has 0 aliphatic rings. The molecule has 3 aromatic carbocycles. The van der Waals surface area contributed by atoms with Crippen LogP contribution in [-0.2, 0) is 6.61 Å². The third-order valence-corrected chi connectivity index (χ3v) is 5.72. The smallest absolute Gasteiger partial charge is 0.271 e. The van der Waals surface area contributed by atoms with Crippen LogP contribution in [0.25, 0.3) is 0 Å². The lowest BCUT2D eigenvalue weighted by Gasteiger charge is -2.10. The first-order valence-corrected chi connectivity index (χ1v) is 11.6. The van der Waals surface area contributed by atoms with Crippen molar-refractivity contribution in [2.75, 3.05) is 13.7 Å². The van der Waals surface area contributed by atoms with Gasteiger partial charge in [-0.25, -0.2) is 5.43 Å². The molecule has 1 N–H and O–H groups in total. The van der Waals surface area contributed by atoms with Crippen molar-refractivity contribution in [3.05, 3.63) is 98.5 Å². The molecule has 3 aromatic rings. The van der Waals surface area contributed by atoms with E-state index in [9.17, 15) is 4.79 Å². The minimum absolute atomic E-state index is 0.291. The van der Waals surface area contributed by atoms with Crippen molar-refractivity contribution < 1.29 is 19.0 Å². The molecule has 176 valence electrons. The Hall–Kier alpha value is -3.00. The molecule has 6 nitrogen and oxygen atoms in total. The molecule has 9 heteroatoms. The van der Waals surface area contributed by atoms with Gasteiger partial charge in [-0.15, -0.1) is 0 Å². The number of carbonyl (C=O) groups is 1. The number of nitrogens with zero attached hydrogens (tertiary/aromatic N) is 1. The minimum Gasteiger partial charge on any atom is -0.493 e. The number of halogens is 3. The van der Waals surface area contributed by atoms with Gasteiger partial charge in [-0.2, -0.15) is 5.10 Å². The van der Waals surface area contributed by atoms with E-state index in [1.807, 2.05) is 18.2 Å². The summed E-state index contributed by atoms with van der Waals surface area (Å²) in [5.74, 6) is 1.22.